The third kappa shape index (κ3) is 7.84. The lowest BCUT2D eigenvalue weighted by Crippen LogP contribution is -2.10. The molecule has 0 aliphatic heterocycles. The first kappa shape index (κ1) is 31.6. The van der Waals surface area contributed by atoms with Gasteiger partial charge in [0.05, 0.1) is 9.75 Å². The fraction of sp³-hybridized carbons (Fsp3) is 0.162. The molecule has 0 radical (unpaired) electrons. The van der Waals surface area contributed by atoms with Gasteiger partial charge in [-0.3, -0.25) is 9.59 Å². The second-order valence-corrected chi connectivity index (χ2v) is 12.5. The molecule has 228 valence electrons. The average Bonchev–Trinajstić information content (AvgIpc) is 3.74. The van der Waals surface area contributed by atoms with E-state index in [1.165, 1.54) is 22.7 Å². The molecule has 0 atom stereocenters. The zero-order chi connectivity index (χ0) is 31.9. The second-order valence-electron chi connectivity index (χ2n) is 10.3. The Morgan fingerprint density at radius 2 is 1.24 bits per heavy atom. The van der Waals surface area contributed by atoms with Crippen molar-refractivity contribution >= 4 is 45.8 Å². The number of thiophene rings is 2. The summed E-state index contributed by atoms with van der Waals surface area (Å²) in [7, 11) is 0. The Kier molecular flexibility index (Phi) is 10.1. The zero-order valence-corrected chi connectivity index (χ0v) is 26.8. The van der Waals surface area contributed by atoms with Crippen molar-refractivity contribution < 1.29 is 29.0 Å². The molecule has 0 amide bonds. The number of aryl methyl sites for hydroxylation is 1. The maximum absolute atomic E-state index is 11.8. The van der Waals surface area contributed by atoms with Crippen molar-refractivity contribution in [2.24, 2.45) is 0 Å². The van der Waals surface area contributed by atoms with Crippen LogP contribution >= 0.6 is 22.7 Å². The number of carbonyl (C=O) groups excluding carboxylic acids is 2. The summed E-state index contributed by atoms with van der Waals surface area (Å²) in [6.07, 6.45) is 2.71. The van der Waals surface area contributed by atoms with Crippen molar-refractivity contribution in [2.45, 2.75) is 27.2 Å². The Hall–Kier alpha value is -4.79. The molecule has 0 spiro atoms. The van der Waals surface area contributed by atoms with E-state index < -0.39 is 12.6 Å². The lowest BCUT2D eigenvalue weighted by Gasteiger charge is -2.13. The van der Waals surface area contributed by atoms with E-state index in [4.69, 9.17) is 14.6 Å². The van der Waals surface area contributed by atoms with E-state index >= 15 is 0 Å². The van der Waals surface area contributed by atoms with Gasteiger partial charge >= 0.3 is 5.97 Å². The molecule has 45 heavy (non-hydrogen) atoms. The lowest BCUT2D eigenvalue weighted by molar-refractivity contribution is -0.139. The summed E-state index contributed by atoms with van der Waals surface area (Å²) >= 11 is 2.97. The molecule has 0 bridgehead atoms. The summed E-state index contributed by atoms with van der Waals surface area (Å²) in [6, 6.07) is 29.6. The summed E-state index contributed by atoms with van der Waals surface area (Å²) in [6.45, 7) is 5.04. The second kappa shape index (κ2) is 14.3. The van der Waals surface area contributed by atoms with Gasteiger partial charge in [0, 0.05) is 9.75 Å². The third-order valence-corrected chi connectivity index (χ3v) is 9.64. The number of hydrogen-bond donors (Lipinski definition) is 1. The zero-order valence-electron chi connectivity index (χ0n) is 25.2. The Morgan fingerprint density at radius 1 is 0.711 bits per heavy atom. The number of ether oxygens (including phenoxy) is 2. The van der Waals surface area contributed by atoms with Crippen LogP contribution in [0.25, 0.3) is 26.5 Å². The number of carboxylic acids is 1. The molecule has 1 N–H and O–H groups in total. The van der Waals surface area contributed by atoms with Crippen LogP contribution in [0.3, 0.4) is 0 Å². The highest BCUT2D eigenvalue weighted by molar-refractivity contribution is 7.17. The number of rotatable bonds is 13. The van der Waals surface area contributed by atoms with E-state index in [9.17, 15) is 14.4 Å². The van der Waals surface area contributed by atoms with Crippen molar-refractivity contribution in [3.05, 3.63) is 124 Å². The van der Waals surface area contributed by atoms with E-state index in [0.29, 0.717) is 24.5 Å². The number of hydrogen-bond acceptors (Lipinski definition) is 7. The van der Waals surface area contributed by atoms with E-state index in [2.05, 4.69) is 48.5 Å². The normalized spacial score (nSPS) is 10.7. The van der Waals surface area contributed by atoms with Gasteiger partial charge in [-0.15, -0.1) is 22.7 Å². The van der Waals surface area contributed by atoms with Gasteiger partial charge in [0.25, 0.3) is 0 Å². The van der Waals surface area contributed by atoms with E-state index in [-0.39, 0.29) is 11.6 Å². The van der Waals surface area contributed by atoms with Crippen LogP contribution < -0.4 is 9.47 Å². The van der Waals surface area contributed by atoms with E-state index in [0.717, 1.165) is 52.9 Å². The van der Waals surface area contributed by atoms with Crippen LogP contribution in [0.4, 0.5) is 0 Å². The summed E-state index contributed by atoms with van der Waals surface area (Å²) in [5.41, 5.74) is 5.97. The van der Waals surface area contributed by atoms with Gasteiger partial charge in [-0.2, -0.15) is 0 Å². The van der Waals surface area contributed by atoms with Crippen molar-refractivity contribution in [2.75, 3.05) is 13.2 Å². The van der Waals surface area contributed by atoms with Crippen molar-refractivity contribution in [3.8, 4) is 32.4 Å². The first-order valence-corrected chi connectivity index (χ1v) is 16.1. The molecule has 0 saturated heterocycles. The minimum absolute atomic E-state index is 0.0603. The van der Waals surface area contributed by atoms with Crippen LogP contribution in [-0.2, 0) is 11.2 Å². The minimum atomic E-state index is -1.02. The molecule has 5 rings (SSSR count). The summed E-state index contributed by atoms with van der Waals surface area (Å²) < 4.78 is 11.5. The highest BCUT2D eigenvalue weighted by atomic mass is 32.1. The van der Waals surface area contributed by atoms with Gasteiger partial charge in [-0.25, -0.2) is 4.79 Å². The molecular formula is C37H32O6S2. The van der Waals surface area contributed by atoms with E-state index in [1.807, 2.05) is 43.3 Å². The number of aliphatic carboxylic acids is 1. The van der Waals surface area contributed by atoms with Gasteiger partial charge in [0.1, 0.15) is 18.1 Å². The maximum Gasteiger partial charge on any atom is 0.341 e. The van der Waals surface area contributed by atoms with E-state index in [1.54, 1.807) is 26.0 Å². The monoisotopic (exact) mass is 636 g/mol. The van der Waals surface area contributed by atoms with Gasteiger partial charge in [0.2, 0.25) is 0 Å². The van der Waals surface area contributed by atoms with Crippen LogP contribution in [0, 0.1) is 0 Å². The quantitative estimate of drug-likeness (QED) is 0.130. The summed E-state index contributed by atoms with van der Waals surface area (Å²) in [5.74, 6) is 0.290. The fourth-order valence-electron chi connectivity index (χ4n) is 4.82. The predicted octanol–water partition coefficient (Wildman–Crippen LogP) is 9.09. The van der Waals surface area contributed by atoms with Crippen LogP contribution in [-0.4, -0.2) is 35.9 Å². The number of ketones is 2. The number of carbonyl (C=O) groups is 3. The Balaban J connectivity index is 1.42. The molecular weight excluding hydrogens is 605 g/mol. The molecule has 2 heterocycles. The topological polar surface area (TPSA) is 89.9 Å². The van der Waals surface area contributed by atoms with Gasteiger partial charge in [0.15, 0.2) is 18.2 Å². The number of carboxylic acid groups (broad SMARTS) is 1. The van der Waals surface area contributed by atoms with Crippen molar-refractivity contribution in [1.82, 2.24) is 0 Å². The SMILES string of the molecule is CCc1cc(OCC=C(c2ccc(-c3ccc(C(C)=O)s3)cc2)c2ccc(-c3ccc(C(C)=O)s3)cc2)ccc1OCC(=O)O. The molecule has 8 heteroatoms. The van der Waals surface area contributed by atoms with Crippen LogP contribution in [0.2, 0.25) is 0 Å². The molecule has 5 aromatic rings. The molecule has 0 unspecified atom stereocenters. The number of Topliss-reactive ketones (excluding diaryl/α,β-unsaturated/α-hetero) is 2. The van der Waals surface area contributed by atoms with Crippen LogP contribution in [0.1, 0.15) is 56.8 Å². The summed E-state index contributed by atoms with van der Waals surface area (Å²) in [5, 5.41) is 8.96. The predicted molar refractivity (Wildman–Crippen MR) is 181 cm³/mol. The first-order chi connectivity index (χ1) is 21.7. The number of benzene rings is 3. The molecule has 6 nitrogen and oxygen atoms in total. The van der Waals surface area contributed by atoms with Crippen LogP contribution in [0.15, 0.2) is 97.1 Å². The molecule has 2 aromatic heterocycles. The minimum Gasteiger partial charge on any atom is -0.489 e. The average molecular weight is 637 g/mol. The molecule has 3 aromatic carbocycles. The maximum atomic E-state index is 11.8. The molecule has 0 fully saturated rings. The fourth-order valence-corrected chi connectivity index (χ4v) is 6.63. The summed E-state index contributed by atoms with van der Waals surface area (Å²) in [4.78, 5) is 38.1. The largest absolute Gasteiger partial charge is 0.489 e. The lowest BCUT2D eigenvalue weighted by atomic mass is 9.95. The van der Waals surface area contributed by atoms with Crippen LogP contribution in [0.5, 0.6) is 11.5 Å². The molecule has 0 aliphatic rings. The van der Waals surface area contributed by atoms with Crippen molar-refractivity contribution in [1.29, 1.82) is 0 Å². The molecule has 0 aliphatic carbocycles. The molecule has 0 saturated carbocycles. The van der Waals surface area contributed by atoms with Crippen molar-refractivity contribution in [3.63, 3.8) is 0 Å². The van der Waals surface area contributed by atoms with Gasteiger partial charge in [-0.05, 0) is 102 Å². The highest BCUT2D eigenvalue weighted by Crippen LogP contribution is 2.33. The van der Waals surface area contributed by atoms with Gasteiger partial charge in [-0.1, -0.05) is 55.5 Å². The highest BCUT2D eigenvalue weighted by Gasteiger charge is 2.12. The standard InChI is InChI=1S/C37H32O6S2/c1-4-25-21-30(13-14-32(25)43-22-37(40)41)42-20-19-31(26-5-9-28(10-6-26)35-17-15-33(44-35)23(2)38)27-7-11-29(12-8-27)36-18-16-34(45-36)24(3)39/h5-19,21H,4,20,22H2,1-3H3,(H,40,41). The Bertz CT molecular complexity index is 1760. The Morgan fingerprint density at radius 3 is 1.69 bits per heavy atom. The van der Waals surface area contributed by atoms with Gasteiger partial charge < -0.3 is 14.6 Å². The third-order valence-electron chi connectivity index (χ3n) is 7.17. The Labute approximate surface area is 270 Å². The smallest absolute Gasteiger partial charge is 0.341 e. The first-order valence-electron chi connectivity index (χ1n) is 14.5.